The highest BCUT2D eigenvalue weighted by molar-refractivity contribution is 5.30. The molecule has 1 fully saturated rings. The molecule has 1 aliphatic carbocycles. The summed E-state index contributed by atoms with van der Waals surface area (Å²) in [6.45, 7) is 10.8. The van der Waals surface area contributed by atoms with Gasteiger partial charge < -0.3 is 0 Å². The average molecular weight is 205 g/mol. The molecule has 15 heavy (non-hydrogen) atoms. The normalized spacial score (nSPS) is 32.7. The zero-order chi connectivity index (χ0) is 10.8. The predicted octanol–water partition coefficient (Wildman–Crippen LogP) is 3.24. The van der Waals surface area contributed by atoms with Crippen molar-refractivity contribution in [3.63, 3.8) is 0 Å². The van der Waals surface area contributed by atoms with Gasteiger partial charge in [0, 0.05) is 13.1 Å². The molecule has 1 saturated heterocycles. The Morgan fingerprint density at radius 3 is 2.80 bits per heavy atom. The molecular formula is C14H23N. The highest BCUT2D eigenvalue weighted by Crippen LogP contribution is 2.27. The maximum atomic E-state index is 2.62. The van der Waals surface area contributed by atoms with Crippen LogP contribution in [0.1, 0.15) is 33.6 Å². The molecule has 84 valence electrons. The van der Waals surface area contributed by atoms with Gasteiger partial charge in [0.25, 0.3) is 0 Å². The predicted molar refractivity (Wildman–Crippen MR) is 65.8 cm³/mol. The summed E-state index contributed by atoms with van der Waals surface area (Å²) in [5, 5.41) is 0. The summed E-state index contributed by atoms with van der Waals surface area (Å²) in [6, 6.07) is 0. The first-order valence-electron chi connectivity index (χ1n) is 6.25. The summed E-state index contributed by atoms with van der Waals surface area (Å²) < 4.78 is 0. The van der Waals surface area contributed by atoms with Gasteiger partial charge in [0.15, 0.2) is 0 Å². The summed E-state index contributed by atoms with van der Waals surface area (Å²) in [5.41, 5.74) is 3.18. The van der Waals surface area contributed by atoms with E-state index in [0.717, 1.165) is 11.8 Å². The van der Waals surface area contributed by atoms with E-state index in [1.54, 1.807) is 5.57 Å². The number of hydrogen-bond acceptors (Lipinski definition) is 1. The molecule has 0 aromatic carbocycles. The molecule has 2 atom stereocenters. The fraction of sp³-hybridized carbons (Fsp3) is 0.714. The van der Waals surface area contributed by atoms with E-state index in [1.165, 1.54) is 38.0 Å². The molecule has 2 unspecified atom stereocenters. The SMILES string of the molecule is CC1=C(CN2CCC(C)C2)C(C)CC=C1. The van der Waals surface area contributed by atoms with Gasteiger partial charge in [0.05, 0.1) is 0 Å². The molecule has 0 radical (unpaired) electrons. The van der Waals surface area contributed by atoms with Crippen LogP contribution < -0.4 is 0 Å². The second kappa shape index (κ2) is 4.52. The number of hydrogen-bond donors (Lipinski definition) is 0. The summed E-state index contributed by atoms with van der Waals surface area (Å²) >= 11 is 0. The second-order valence-corrected chi connectivity index (χ2v) is 5.38. The number of rotatable bonds is 2. The Kier molecular flexibility index (Phi) is 3.30. The van der Waals surface area contributed by atoms with Crippen LogP contribution in [-0.2, 0) is 0 Å². The van der Waals surface area contributed by atoms with Crippen molar-refractivity contribution in [3.05, 3.63) is 23.3 Å². The Balaban J connectivity index is 2.01. The van der Waals surface area contributed by atoms with Gasteiger partial charge in [-0.3, -0.25) is 4.90 Å². The molecular weight excluding hydrogens is 182 g/mol. The molecule has 0 aromatic heterocycles. The summed E-state index contributed by atoms with van der Waals surface area (Å²) in [7, 11) is 0. The Morgan fingerprint density at radius 2 is 2.20 bits per heavy atom. The van der Waals surface area contributed by atoms with Gasteiger partial charge in [-0.05, 0) is 38.1 Å². The van der Waals surface area contributed by atoms with Crippen LogP contribution in [-0.4, -0.2) is 24.5 Å². The van der Waals surface area contributed by atoms with Gasteiger partial charge in [-0.15, -0.1) is 0 Å². The molecule has 0 N–H and O–H groups in total. The van der Waals surface area contributed by atoms with E-state index in [4.69, 9.17) is 0 Å². The standard InChI is InChI=1S/C14H23N/c1-11-7-8-15(9-11)10-14-12(2)5-4-6-13(14)3/h4-5,11,13H,6-10H2,1-3H3. The summed E-state index contributed by atoms with van der Waals surface area (Å²) in [5.74, 6) is 1.66. The Labute approximate surface area is 93.9 Å². The summed E-state index contributed by atoms with van der Waals surface area (Å²) in [6.07, 6.45) is 7.23. The summed E-state index contributed by atoms with van der Waals surface area (Å²) in [4.78, 5) is 2.62. The van der Waals surface area contributed by atoms with Crippen molar-refractivity contribution in [1.29, 1.82) is 0 Å². The van der Waals surface area contributed by atoms with Crippen molar-refractivity contribution >= 4 is 0 Å². The van der Waals surface area contributed by atoms with E-state index in [-0.39, 0.29) is 0 Å². The van der Waals surface area contributed by atoms with Gasteiger partial charge in [0.2, 0.25) is 0 Å². The average Bonchev–Trinajstić information content (AvgIpc) is 2.58. The van der Waals surface area contributed by atoms with Gasteiger partial charge in [-0.25, -0.2) is 0 Å². The van der Waals surface area contributed by atoms with Crippen LogP contribution in [0.5, 0.6) is 0 Å². The maximum Gasteiger partial charge on any atom is 0.0201 e. The van der Waals surface area contributed by atoms with Crippen molar-refractivity contribution in [2.24, 2.45) is 11.8 Å². The van der Waals surface area contributed by atoms with Gasteiger partial charge in [-0.2, -0.15) is 0 Å². The lowest BCUT2D eigenvalue weighted by Gasteiger charge is -2.25. The molecule has 0 saturated carbocycles. The van der Waals surface area contributed by atoms with Crippen LogP contribution in [0.4, 0.5) is 0 Å². The van der Waals surface area contributed by atoms with Crippen molar-refractivity contribution in [1.82, 2.24) is 4.90 Å². The lowest BCUT2D eigenvalue weighted by Crippen LogP contribution is -2.26. The Morgan fingerprint density at radius 1 is 1.40 bits per heavy atom. The molecule has 0 bridgehead atoms. The smallest absolute Gasteiger partial charge is 0.0201 e. The lowest BCUT2D eigenvalue weighted by atomic mass is 9.88. The topological polar surface area (TPSA) is 3.24 Å². The lowest BCUT2D eigenvalue weighted by molar-refractivity contribution is 0.342. The van der Waals surface area contributed by atoms with Gasteiger partial charge in [-0.1, -0.05) is 37.1 Å². The number of nitrogens with zero attached hydrogens (tertiary/aromatic N) is 1. The Hall–Kier alpha value is -0.560. The fourth-order valence-corrected chi connectivity index (χ4v) is 2.78. The zero-order valence-electron chi connectivity index (χ0n) is 10.3. The molecule has 1 nitrogen and oxygen atoms in total. The minimum absolute atomic E-state index is 0.755. The van der Waals surface area contributed by atoms with E-state index >= 15 is 0 Å². The third kappa shape index (κ3) is 2.52. The van der Waals surface area contributed by atoms with Crippen LogP contribution >= 0.6 is 0 Å². The Bertz CT molecular complexity index is 288. The molecule has 1 aliphatic heterocycles. The highest BCUT2D eigenvalue weighted by atomic mass is 15.1. The quantitative estimate of drug-likeness (QED) is 0.669. The third-order valence-corrected chi connectivity index (χ3v) is 3.86. The van der Waals surface area contributed by atoms with E-state index < -0.39 is 0 Å². The first kappa shape index (κ1) is 10.9. The molecule has 0 amide bonds. The monoisotopic (exact) mass is 205 g/mol. The second-order valence-electron chi connectivity index (χ2n) is 5.38. The van der Waals surface area contributed by atoms with E-state index in [9.17, 15) is 0 Å². The van der Waals surface area contributed by atoms with Crippen molar-refractivity contribution in [2.45, 2.75) is 33.6 Å². The highest BCUT2D eigenvalue weighted by Gasteiger charge is 2.22. The van der Waals surface area contributed by atoms with Crippen LogP contribution in [0.2, 0.25) is 0 Å². The van der Waals surface area contributed by atoms with E-state index in [0.29, 0.717) is 0 Å². The zero-order valence-corrected chi connectivity index (χ0v) is 10.3. The third-order valence-electron chi connectivity index (χ3n) is 3.86. The van der Waals surface area contributed by atoms with Gasteiger partial charge >= 0.3 is 0 Å². The first-order chi connectivity index (χ1) is 7.16. The van der Waals surface area contributed by atoms with Crippen LogP contribution in [0.15, 0.2) is 23.3 Å². The van der Waals surface area contributed by atoms with Gasteiger partial charge in [0.1, 0.15) is 0 Å². The molecule has 2 aliphatic rings. The van der Waals surface area contributed by atoms with Crippen LogP contribution in [0.3, 0.4) is 0 Å². The van der Waals surface area contributed by atoms with Crippen LogP contribution in [0.25, 0.3) is 0 Å². The number of allylic oxidation sites excluding steroid dienone is 3. The maximum absolute atomic E-state index is 2.62. The van der Waals surface area contributed by atoms with Crippen molar-refractivity contribution in [2.75, 3.05) is 19.6 Å². The van der Waals surface area contributed by atoms with Crippen molar-refractivity contribution in [3.8, 4) is 0 Å². The van der Waals surface area contributed by atoms with Crippen LogP contribution in [0, 0.1) is 11.8 Å². The largest absolute Gasteiger partial charge is 0.299 e. The fourth-order valence-electron chi connectivity index (χ4n) is 2.78. The molecule has 2 rings (SSSR count). The molecule has 0 aromatic rings. The van der Waals surface area contributed by atoms with E-state index in [2.05, 4.69) is 37.8 Å². The molecule has 1 heterocycles. The number of likely N-dealkylation sites (tertiary alicyclic amines) is 1. The van der Waals surface area contributed by atoms with Crippen molar-refractivity contribution < 1.29 is 0 Å². The molecule has 1 heteroatoms. The minimum atomic E-state index is 0.755. The minimum Gasteiger partial charge on any atom is -0.299 e. The molecule has 0 spiro atoms. The first-order valence-corrected chi connectivity index (χ1v) is 6.25. The van der Waals surface area contributed by atoms with E-state index in [1.807, 2.05) is 0 Å².